The van der Waals surface area contributed by atoms with E-state index in [1.807, 2.05) is 0 Å². The smallest absolute Gasteiger partial charge is 0.339 e. The monoisotopic (exact) mass is 445 g/mol. The van der Waals surface area contributed by atoms with Crippen molar-refractivity contribution in [2.45, 2.75) is 53.1 Å². The number of rotatable bonds is 4. The number of nitrogens with one attached hydrogen (secondary N) is 1. The van der Waals surface area contributed by atoms with E-state index < -0.39 is 18.0 Å². The third-order valence-corrected chi connectivity index (χ3v) is 6.83. The first kappa shape index (κ1) is 22.3. The number of fused-ring (bicyclic) bond motifs is 1. The van der Waals surface area contributed by atoms with Gasteiger partial charge in [-0.1, -0.05) is 32.4 Å². The van der Waals surface area contributed by atoms with Crippen LogP contribution in [0, 0.1) is 22.7 Å². The summed E-state index contributed by atoms with van der Waals surface area (Å²) < 4.78 is 5.25. The third kappa shape index (κ3) is 4.82. The summed E-state index contributed by atoms with van der Waals surface area (Å²) in [5, 5.41) is 13.1. The average Bonchev–Trinajstić information content (AvgIpc) is 3.03. The Balaban J connectivity index is 1.72. The van der Waals surface area contributed by atoms with E-state index in [9.17, 15) is 14.9 Å². The van der Waals surface area contributed by atoms with E-state index in [0.29, 0.717) is 16.5 Å². The van der Waals surface area contributed by atoms with Gasteiger partial charge in [0.2, 0.25) is 0 Å². The zero-order valence-corrected chi connectivity index (χ0v) is 19.0. The summed E-state index contributed by atoms with van der Waals surface area (Å²) in [5.74, 6) is -0.613. The molecule has 1 amide bonds. The van der Waals surface area contributed by atoms with Gasteiger partial charge in [0.05, 0.1) is 11.1 Å². The SMILES string of the molecule is CC(OC(=O)c1ccnc(Cl)c1)C(=O)Nc1sc2c(c1C#N)CCC(C(C)(C)C)C2. The second-order valence-electron chi connectivity index (χ2n) is 8.53. The van der Waals surface area contributed by atoms with Gasteiger partial charge in [0.25, 0.3) is 5.91 Å². The van der Waals surface area contributed by atoms with E-state index in [4.69, 9.17) is 16.3 Å². The maximum absolute atomic E-state index is 12.6. The van der Waals surface area contributed by atoms with Crippen molar-refractivity contribution in [2.75, 3.05) is 5.32 Å². The second-order valence-corrected chi connectivity index (χ2v) is 10.0. The second kappa shape index (κ2) is 8.75. The molecular weight excluding hydrogens is 422 g/mol. The molecule has 0 spiro atoms. The molecule has 2 aromatic heterocycles. The van der Waals surface area contributed by atoms with E-state index >= 15 is 0 Å². The molecule has 0 saturated heterocycles. The van der Waals surface area contributed by atoms with Gasteiger partial charge >= 0.3 is 5.97 Å². The molecule has 158 valence electrons. The van der Waals surface area contributed by atoms with Crippen LogP contribution in [0.15, 0.2) is 18.3 Å². The molecule has 2 unspecified atom stereocenters. The predicted molar refractivity (Wildman–Crippen MR) is 117 cm³/mol. The summed E-state index contributed by atoms with van der Waals surface area (Å²) in [5.41, 5.74) is 1.97. The molecule has 0 saturated carbocycles. The van der Waals surface area contributed by atoms with Gasteiger partial charge in [-0.3, -0.25) is 4.79 Å². The van der Waals surface area contributed by atoms with Crippen LogP contribution >= 0.6 is 22.9 Å². The minimum absolute atomic E-state index is 0.165. The van der Waals surface area contributed by atoms with Gasteiger partial charge in [-0.15, -0.1) is 11.3 Å². The van der Waals surface area contributed by atoms with Gasteiger partial charge in [-0.25, -0.2) is 9.78 Å². The highest BCUT2D eigenvalue weighted by Crippen LogP contribution is 2.44. The molecule has 0 fully saturated rings. The van der Waals surface area contributed by atoms with Crippen molar-refractivity contribution in [3.63, 3.8) is 0 Å². The minimum atomic E-state index is -1.03. The molecule has 2 heterocycles. The van der Waals surface area contributed by atoms with Gasteiger partial charge < -0.3 is 10.1 Å². The standard InChI is InChI=1S/C22H24ClN3O3S/c1-12(29-21(28)13-7-8-25-18(23)9-13)19(27)26-20-16(11-24)15-6-5-14(22(2,3)4)10-17(15)30-20/h7-9,12,14H,5-6,10H2,1-4H3,(H,26,27). The van der Waals surface area contributed by atoms with Crippen molar-refractivity contribution in [1.82, 2.24) is 4.98 Å². The van der Waals surface area contributed by atoms with Crippen LogP contribution in [-0.2, 0) is 22.4 Å². The zero-order chi connectivity index (χ0) is 22.1. The van der Waals surface area contributed by atoms with E-state index in [0.717, 1.165) is 29.7 Å². The van der Waals surface area contributed by atoms with Crippen molar-refractivity contribution >= 4 is 39.8 Å². The predicted octanol–water partition coefficient (Wildman–Crippen LogP) is 5.00. The van der Waals surface area contributed by atoms with Crippen molar-refractivity contribution in [3.8, 4) is 6.07 Å². The molecule has 0 radical (unpaired) electrons. The lowest BCUT2D eigenvalue weighted by molar-refractivity contribution is -0.123. The Morgan fingerprint density at radius 1 is 1.43 bits per heavy atom. The maximum Gasteiger partial charge on any atom is 0.339 e. The summed E-state index contributed by atoms with van der Waals surface area (Å²) in [7, 11) is 0. The van der Waals surface area contributed by atoms with Gasteiger partial charge in [0.15, 0.2) is 6.10 Å². The molecule has 0 bridgehead atoms. The lowest BCUT2D eigenvalue weighted by atomic mass is 9.72. The summed E-state index contributed by atoms with van der Waals surface area (Å²) >= 11 is 7.24. The molecule has 3 rings (SSSR count). The van der Waals surface area contributed by atoms with Crippen molar-refractivity contribution in [2.24, 2.45) is 11.3 Å². The lowest BCUT2D eigenvalue weighted by Crippen LogP contribution is -2.30. The minimum Gasteiger partial charge on any atom is -0.449 e. The first-order valence-electron chi connectivity index (χ1n) is 9.78. The van der Waals surface area contributed by atoms with Gasteiger partial charge in [0, 0.05) is 11.1 Å². The number of carbonyl (C=O) groups excluding carboxylic acids is 2. The average molecular weight is 446 g/mol. The molecule has 1 aliphatic rings. The molecular formula is C22H24ClN3O3S. The number of pyridine rings is 1. The first-order chi connectivity index (χ1) is 14.1. The van der Waals surface area contributed by atoms with Crippen LogP contribution < -0.4 is 5.32 Å². The Morgan fingerprint density at radius 2 is 2.17 bits per heavy atom. The largest absolute Gasteiger partial charge is 0.449 e. The fourth-order valence-corrected chi connectivity index (χ4v) is 5.01. The van der Waals surface area contributed by atoms with Crippen molar-refractivity contribution in [3.05, 3.63) is 45.1 Å². The number of hydrogen-bond acceptors (Lipinski definition) is 6. The summed E-state index contributed by atoms with van der Waals surface area (Å²) in [6.45, 7) is 8.19. The number of aromatic nitrogens is 1. The zero-order valence-electron chi connectivity index (χ0n) is 17.4. The van der Waals surface area contributed by atoms with E-state index in [1.54, 1.807) is 0 Å². The third-order valence-electron chi connectivity index (χ3n) is 5.45. The molecule has 2 atom stereocenters. The van der Waals surface area contributed by atoms with Crippen LogP contribution in [0.3, 0.4) is 0 Å². The van der Waals surface area contributed by atoms with Gasteiger partial charge in [0.1, 0.15) is 16.2 Å². The number of nitriles is 1. The lowest BCUT2D eigenvalue weighted by Gasteiger charge is -2.33. The van der Waals surface area contributed by atoms with Crippen molar-refractivity contribution < 1.29 is 14.3 Å². The number of thiophene rings is 1. The Labute approximate surface area is 185 Å². The van der Waals surface area contributed by atoms with Gasteiger partial charge in [-0.2, -0.15) is 5.26 Å². The van der Waals surface area contributed by atoms with E-state index in [1.165, 1.54) is 36.6 Å². The topological polar surface area (TPSA) is 92.1 Å². The summed E-state index contributed by atoms with van der Waals surface area (Å²) in [6, 6.07) is 5.08. The summed E-state index contributed by atoms with van der Waals surface area (Å²) in [6.07, 6.45) is 3.13. The van der Waals surface area contributed by atoms with Crippen LogP contribution in [0.2, 0.25) is 5.15 Å². The fourth-order valence-electron chi connectivity index (χ4n) is 3.56. The Bertz CT molecular complexity index is 1020. The highest BCUT2D eigenvalue weighted by atomic mass is 35.5. The molecule has 0 aromatic carbocycles. The van der Waals surface area contributed by atoms with Gasteiger partial charge in [-0.05, 0) is 55.2 Å². The molecule has 2 aromatic rings. The number of carbonyl (C=O) groups is 2. The maximum atomic E-state index is 12.6. The highest BCUT2D eigenvalue weighted by Gasteiger charge is 2.33. The Hall–Kier alpha value is -2.43. The number of hydrogen-bond donors (Lipinski definition) is 1. The van der Waals surface area contributed by atoms with Crippen molar-refractivity contribution in [1.29, 1.82) is 5.26 Å². The van der Waals surface area contributed by atoms with Crippen LogP contribution in [0.25, 0.3) is 0 Å². The highest BCUT2D eigenvalue weighted by molar-refractivity contribution is 7.16. The molecule has 30 heavy (non-hydrogen) atoms. The Morgan fingerprint density at radius 3 is 2.80 bits per heavy atom. The number of nitrogens with zero attached hydrogens (tertiary/aromatic N) is 2. The molecule has 6 nitrogen and oxygen atoms in total. The van der Waals surface area contributed by atoms with Crippen LogP contribution in [0.4, 0.5) is 5.00 Å². The number of halogens is 1. The van der Waals surface area contributed by atoms with Crippen LogP contribution in [-0.4, -0.2) is 23.0 Å². The van der Waals surface area contributed by atoms with E-state index in [2.05, 4.69) is 37.1 Å². The fraction of sp³-hybridized carbons (Fsp3) is 0.455. The first-order valence-corrected chi connectivity index (χ1v) is 11.0. The van der Waals surface area contributed by atoms with Crippen LogP contribution in [0.5, 0.6) is 0 Å². The summed E-state index contributed by atoms with van der Waals surface area (Å²) in [4.78, 5) is 29.8. The molecule has 8 heteroatoms. The van der Waals surface area contributed by atoms with Crippen LogP contribution in [0.1, 0.15) is 60.5 Å². The number of anilines is 1. The molecule has 1 N–H and O–H groups in total. The quantitative estimate of drug-likeness (QED) is 0.527. The Kier molecular flexibility index (Phi) is 6.49. The molecule has 1 aliphatic carbocycles. The molecule has 0 aliphatic heterocycles. The van der Waals surface area contributed by atoms with E-state index in [-0.39, 0.29) is 16.1 Å². The number of ether oxygens (including phenoxy) is 1. The normalized spacial score (nSPS) is 16.9. The number of amides is 1. The number of esters is 1.